The molecule has 2 amide bonds. The highest BCUT2D eigenvalue weighted by atomic mass is 32.1. The van der Waals surface area contributed by atoms with E-state index in [4.69, 9.17) is 0 Å². The molecule has 0 aliphatic carbocycles. The highest BCUT2D eigenvalue weighted by Crippen LogP contribution is 2.29. The highest BCUT2D eigenvalue weighted by molar-refractivity contribution is 7.00. The third-order valence-electron chi connectivity index (χ3n) is 6.77. The lowest BCUT2D eigenvalue weighted by molar-refractivity contribution is 0.0649. The van der Waals surface area contributed by atoms with Crippen molar-refractivity contribution < 1.29 is 9.59 Å². The van der Waals surface area contributed by atoms with Crippen LogP contribution >= 0.6 is 11.7 Å². The first-order valence-corrected chi connectivity index (χ1v) is 13.5. The van der Waals surface area contributed by atoms with Crippen molar-refractivity contribution in [1.29, 1.82) is 0 Å². The van der Waals surface area contributed by atoms with Gasteiger partial charge in [-0.1, -0.05) is 90.9 Å². The molecule has 0 N–H and O–H groups in total. The van der Waals surface area contributed by atoms with Gasteiger partial charge in [-0.05, 0) is 30.9 Å². The molecule has 0 saturated heterocycles. The van der Waals surface area contributed by atoms with Crippen LogP contribution in [-0.2, 0) is 0 Å². The van der Waals surface area contributed by atoms with Crippen molar-refractivity contribution >= 4 is 34.6 Å². The van der Waals surface area contributed by atoms with Crippen molar-refractivity contribution in [3.05, 3.63) is 23.3 Å². The first kappa shape index (κ1) is 24.8. The Labute approximate surface area is 197 Å². The maximum atomic E-state index is 12.8. The minimum atomic E-state index is -0.171. The Balaban J connectivity index is 1.48. The fourth-order valence-corrected chi connectivity index (χ4v) is 5.32. The summed E-state index contributed by atoms with van der Waals surface area (Å²) in [6.45, 7) is 5.03. The molecule has 0 radical (unpaired) electrons. The fraction of sp³-hybridized carbons (Fsp3) is 0.692. The maximum Gasteiger partial charge on any atom is 0.261 e. The summed E-state index contributed by atoms with van der Waals surface area (Å²) in [7, 11) is 0. The summed E-state index contributed by atoms with van der Waals surface area (Å²) in [5, 5.41) is 0. The molecule has 176 valence electrons. The predicted molar refractivity (Wildman–Crippen MR) is 132 cm³/mol. The van der Waals surface area contributed by atoms with Gasteiger partial charge in [0.15, 0.2) is 0 Å². The molecule has 1 aliphatic heterocycles. The number of carbonyl (C=O) groups is 2. The van der Waals surface area contributed by atoms with E-state index in [0.717, 1.165) is 24.6 Å². The van der Waals surface area contributed by atoms with Gasteiger partial charge >= 0.3 is 0 Å². The SMILES string of the molecule is CCCCCCCC[C@H](CCCCCC)CCCN1C(=O)c2cc3nsnc3cc2C1=O. The van der Waals surface area contributed by atoms with Crippen LogP contribution in [0.3, 0.4) is 0 Å². The van der Waals surface area contributed by atoms with Crippen LogP contribution in [0.1, 0.15) is 124 Å². The van der Waals surface area contributed by atoms with Gasteiger partial charge in [0.05, 0.1) is 22.9 Å². The van der Waals surface area contributed by atoms with Crippen LogP contribution in [0.15, 0.2) is 12.1 Å². The van der Waals surface area contributed by atoms with E-state index < -0.39 is 0 Å². The zero-order valence-corrected chi connectivity index (χ0v) is 20.7. The van der Waals surface area contributed by atoms with E-state index in [1.165, 1.54) is 81.9 Å². The Hall–Kier alpha value is -1.82. The smallest absolute Gasteiger partial charge is 0.261 e. The fourth-order valence-electron chi connectivity index (χ4n) is 4.82. The summed E-state index contributed by atoms with van der Waals surface area (Å²) in [5.74, 6) is 0.372. The maximum absolute atomic E-state index is 12.8. The van der Waals surface area contributed by atoms with Crippen molar-refractivity contribution in [2.45, 2.75) is 104 Å². The van der Waals surface area contributed by atoms with Crippen molar-refractivity contribution in [2.24, 2.45) is 5.92 Å². The molecule has 0 spiro atoms. The first-order chi connectivity index (χ1) is 15.7. The summed E-state index contributed by atoms with van der Waals surface area (Å²) < 4.78 is 8.42. The van der Waals surface area contributed by atoms with E-state index in [2.05, 4.69) is 22.6 Å². The third kappa shape index (κ3) is 6.60. The van der Waals surface area contributed by atoms with Crippen LogP contribution in [0, 0.1) is 5.92 Å². The molecule has 5 nitrogen and oxygen atoms in total. The number of unbranched alkanes of at least 4 members (excludes halogenated alkanes) is 8. The van der Waals surface area contributed by atoms with Gasteiger partial charge in [0, 0.05) is 6.54 Å². The molecule has 2 heterocycles. The van der Waals surface area contributed by atoms with E-state index >= 15 is 0 Å². The number of fused-ring (bicyclic) bond motifs is 2. The van der Waals surface area contributed by atoms with E-state index in [-0.39, 0.29) is 11.8 Å². The number of amides is 2. The number of carbonyl (C=O) groups excluding carboxylic acids is 2. The third-order valence-corrected chi connectivity index (χ3v) is 7.33. The number of nitrogens with zero attached hydrogens (tertiary/aromatic N) is 3. The monoisotopic (exact) mass is 457 g/mol. The lowest BCUT2D eigenvalue weighted by Crippen LogP contribution is -2.31. The topological polar surface area (TPSA) is 63.2 Å². The van der Waals surface area contributed by atoms with Crippen LogP contribution in [0.4, 0.5) is 0 Å². The van der Waals surface area contributed by atoms with Gasteiger partial charge in [-0.2, -0.15) is 8.75 Å². The largest absolute Gasteiger partial charge is 0.274 e. The van der Waals surface area contributed by atoms with Gasteiger partial charge in [0.25, 0.3) is 11.8 Å². The van der Waals surface area contributed by atoms with Gasteiger partial charge in [0.2, 0.25) is 0 Å². The first-order valence-electron chi connectivity index (χ1n) is 12.8. The predicted octanol–water partition coefficient (Wildman–Crippen LogP) is 7.40. The average molecular weight is 458 g/mol. The molecule has 3 rings (SSSR count). The Kier molecular flexibility index (Phi) is 10.1. The number of imide groups is 1. The minimum Gasteiger partial charge on any atom is -0.274 e. The summed E-state index contributed by atoms with van der Waals surface area (Å²) in [6.07, 6.45) is 17.8. The van der Waals surface area contributed by atoms with E-state index in [1.54, 1.807) is 12.1 Å². The zero-order chi connectivity index (χ0) is 22.8. The molecular formula is C26H39N3O2S. The van der Waals surface area contributed by atoms with Gasteiger partial charge in [0.1, 0.15) is 11.0 Å². The van der Waals surface area contributed by atoms with E-state index in [1.807, 2.05) is 0 Å². The Morgan fingerprint density at radius 1 is 0.719 bits per heavy atom. The molecule has 6 heteroatoms. The number of hydrogen-bond donors (Lipinski definition) is 0. The Bertz CT molecular complexity index is 829. The van der Waals surface area contributed by atoms with Crippen molar-refractivity contribution in [3.63, 3.8) is 0 Å². The quantitative estimate of drug-likeness (QED) is 0.194. The normalized spacial score (nSPS) is 14.5. The summed E-state index contributed by atoms with van der Waals surface area (Å²) >= 11 is 1.11. The molecule has 1 aromatic heterocycles. The van der Waals surface area contributed by atoms with Crippen molar-refractivity contribution in [3.8, 4) is 0 Å². The minimum absolute atomic E-state index is 0.171. The number of benzene rings is 1. The number of aromatic nitrogens is 2. The summed E-state index contributed by atoms with van der Waals surface area (Å²) in [5.41, 5.74) is 2.36. The molecule has 1 aliphatic rings. The number of hydrogen-bond acceptors (Lipinski definition) is 5. The molecule has 0 fully saturated rings. The average Bonchev–Trinajstić information content (AvgIpc) is 3.35. The van der Waals surface area contributed by atoms with Crippen LogP contribution in [0.25, 0.3) is 11.0 Å². The van der Waals surface area contributed by atoms with Crippen molar-refractivity contribution in [2.75, 3.05) is 6.54 Å². The molecule has 0 saturated carbocycles. The standard InChI is InChI=1S/C26H39N3O2S/c1-3-5-7-9-10-12-15-20(14-11-8-6-4-2)16-13-17-29-25(30)21-18-23-24(28-32-27-23)19-22(21)26(29)31/h18-20H,3-17H2,1-2H3/t20-/m0/s1. The molecule has 2 aromatic rings. The zero-order valence-electron chi connectivity index (χ0n) is 19.9. The van der Waals surface area contributed by atoms with Crippen LogP contribution < -0.4 is 0 Å². The van der Waals surface area contributed by atoms with Crippen LogP contribution in [0.5, 0.6) is 0 Å². The molecule has 1 atom stereocenters. The second-order valence-corrected chi connectivity index (χ2v) is 9.86. The number of rotatable bonds is 16. The Morgan fingerprint density at radius 2 is 1.19 bits per heavy atom. The van der Waals surface area contributed by atoms with E-state index in [0.29, 0.717) is 34.6 Å². The highest BCUT2D eigenvalue weighted by Gasteiger charge is 2.36. The summed E-state index contributed by atoms with van der Waals surface area (Å²) in [4.78, 5) is 27.1. The second kappa shape index (κ2) is 13.0. The van der Waals surface area contributed by atoms with Gasteiger partial charge in [-0.3, -0.25) is 14.5 Å². The van der Waals surface area contributed by atoms with Crippen LogP contribution in [0.2, 0.25) is 0 Å². The molecule has 32 heavy (non-hydrogen) atoms. The lowest BCUT2D eigenvalue weighted by Gasteiger charge is -2.19. The molecule has 1 aromatic carbocycles. The van der Waals surface area contributed by atoms with Crippen LogP contribution in [-0.4, -0.2) is 32.0 Å². The Morgan fingerprint density at radius 3 is 1.75 bits per heavy atom. The second-order valence-electron chi connectivity index (χ2n) is 9.33. The summed E-state index contributed by atoms with van der Waals surface area (Å²) in [6, 6.07) is 3.45. The van der Waals surface area contributed by atoms with Gasteiger partial charge in [-0.15, -0.1) is 0 Å². The molecular weight excluding hydrogens is 418 g/mol. The van der Waals surface area contributed by atoms with Crippen molar-refractivity contribution in [1.82, 2.24) is 13.6 Å². The van der Waals surface area contributed by atoms with Gasteiger partial charge < -0.3 is 0 Å². The molecule has 0 bridgehead atoms. The lowest BCUT2D eigenvalue weighted by atomic mass is 9.90. The van der Waals surface area contributed by atoms with E-state index in [9.17, 15) is 9.59 Å². The molecule has 0 unspecified atom stereocenters. The van der Waals surface area contributed by atoms with Gasteiger partial charge in [-0.25, -0.2) is 0 Å².